The molecule has 0 aromatic heterocycles. The Morgan fingerprint density at radius 1 is 1.45 bits per heavy atom. The molecular weight excluding hydrogens is 305 g/mol. The van der Waals surface area contributed by atoms with Crippen molar-refractivity contribution in [3.8, 4) is 0 Å². The van der Waals surface area contributed by atoms with Crippen molar-refractivity contribution >= 4 is 28.9 Å². The normalized spacial score (nSPS) is 14.5. The van der Waals surface area contributed by atoms with E-state index in [1.807, 2.05) is 0 Å². The zero-order chi connectivity index (χ0) is 15.7. The van der Waals surface area contributed by atoms with Gasteiger partial charge in [0.05, 0.1) is 15.6 Å². The Kier molecular flexibility index (Phi) is 4.25. The molecule has 0 aliphatic heterocycles. The number of rotatable bonds is 3. The maximum absolute atomic E-state index is 12.4. The van der Waals surface area contributed by atoms with Crippen LogP contribution in [0.5, 0.6) is 0 Å². The van der Waals surface area contributed by atoms with Crippen molar-refractivity contribution in [1.29, 1.82) is 0 Å². The van der Waals surface area contributed by atoms with Crippen molar-refractivity contribution in [2.75, 3.05) is 5.32 Å². The minimum Gasteiger partial charge on any atom is -0.373 e. The summed E-state index contributed by atoms with van der Waals surface area (Å²) in [6, 6.07) is 2.84. The number of non-ortho nitro benzene ring substituents is 1. The molecule has 10 heteroatoms. The van der Waals surface area contributed by atoms with Crippen molar-refractivity contribution in [2.24, 2.45) is 0 Å². The number of nitrogens with one attached hydrogen (secondary N) is 1. The summed E-state index contributed by atoms with van der Waals surface area (Å²) in [7, 11) is 0. The Morgan fingerprint density at radius 2 is 2.00 bits per heavy atom. The molecule has 0 unspecified atom stereocenters. The van der Waals surface area contributed by atoms with Crippen LogP contribution >= 0.6 is 11.6 Å². The number of hydrogen-bond donors (Lipinski definition) is 2. The van der Waals surface area contributed by atoms with Gasteiger partial charge in [-0.3, -0.25) is 14.9 Å². The van der Waals surface area contributed by atoms with Crippen molar-refractivity contribution in [1.82, 2.24) is 0 Å². The van der Waals surface area contributed by atoms with E-state index in [4.69, 9.17) is 16.7 Å². The number of aliphatic hydroxyl groups is 1. The summed E-state index contributed by atoms with van der Waals surface area (Å²) in [5, 5.41) is 21.2. The van der Waals surface area contributed by atoms with Gasteiger partial charge < -0.3 is 10.4 Å². The zero-order valence-corrected chi connectivity index (χ0v) is 10.6. The fraction of sp³-hybridized carbons (Fsp3) is 0.300. The fourth-order valence-corrected chi connectivity index (χ4v) is 1.26. The van der Waals surface area contributed by atoms with Gasteiger partial charge in [-0.25, -0.2) is 0 Å². The predicted molar refractivity (Wildman–Crippen MR) is 63.4 cm³/mol. The number of nitro benzene ring substituents is 1. The summed E-state index contributed by atoms with van der Waals surface area (Å²) < 4.78 is 37.3. The Morgan fingerprint density at radius 3 is 2.45 bits per heavy atom. The van der Waals surface area contributed by atoms with Crippen LogP contribution in [0.4, 0.5) is 24.5 Å². The van der Waals surface area contributed by atoms with Crippen molar-refractivity contribution < 1.29 is 28.0 Å². The minimum absolute atomic E-state index is 0.207. The topological polar surface area (TPSA) is 92.5 Å². The molecule has 0 bridgehead atoms. The van der Waals surface area contributed by atoms with Crippen molar-refractivity contribution in [2.45, 2.75) is 18.7 Å². The molecular formula is C10H8ClF3N2O4. The third kappa shape index (κ3) is 3.17. The lowest BCUT2D eigenvalue weighted by molar-refractivity contribution is -0.384. The molecule has 110 valence electrons. The van der Waals surface area contributed by atoms with Gasteiger partial charge in [0.2, 0.25) is 5.60 Å². The second-order valence-corrected chi connectivity index (χ2v) is 4.35. The highest BCUT2D eigenvalue weighted by molar-refractivity contribution is 6.33. The van der Waals surface area contributed by atoms with Gasteiger partial charge in [0.1, 0.15) is 0 Å². The van der Waals surface area contributed by atoms with Crippen LogP contribution in [0.2, 0.25) is 5.02 Å². The monoisotopic (exact) mass is 312 g/mol. The maximum atomic E-state index is 12.4. The van der Waals surface area contributed by atoms with E-state index >= 15 is 0 Å². The van der Waals surface area contributed by atoms with Crippen LogP contribution in [-0.2, 0) is 4.79 Å². The number of benzene rings is 1. The van der Waals surface area contributed by atoms with Crippen molar-refractivity contribution in [3.63, 3.8) is 0 Å². The number of nitro groups is 1. The lowest BCUT2D eigenvalue weighted by Gasteiger charge is -2.25. The van der Waals surface area contributed by atoms with E-state index in [0.29, 0.717) is 0 Å². The highest BCUT2D eigenvalue weighted by Gasteiger charge is 2.55. The van der Waals surface area contributed by atoms with Gasteiger partial charge in [0.15, 0.2) is 0 Å². The molecule has 0 aliphatic carbocycles. The predicted octanol–water partition coefficient (Wildman–Crippen LogP) is 2.50. The van der Waals surface area contributed by atoms with Gasteiger partial charge >= 0.3 is 6.18 Å². The summed E-state index contributed by atoms with van der Waals surface area (Å²) in [5.41, 5.74) is -4.53. The maximum Gasteiger partial charge on any atom is 0.426 e. The van der Waals surface area contributed by atoms with Crippen LogP contribution in [0.25, 0.3) is 0 Å². The number of nitrogens with zero attached hydrogens (tertiary/aromatic N) is 1. The van der Waals surface area contributed by atoms with E-state index in [2.05, 4.69) is 0 Å². The minimum atomic E-state index is -5.20. The number of alkyl halides is 3. The molecule has 0 spiro atoms. The second kappa shape index (κ2) is 5.25. The van der Waals surface area contributed by atoms with E-state index in [-0.39, 0.29) is 11.9 Å². The number of halogens is 4. The van der Waals surface area contributed by atoms with Crippen LogP contribution in [-0.4, -0.2) is 27.7 Å². The van der Waals surface area contributed by atoms with Gasteiger partial charge in [0, 0.05) is 12.1 Å². The lowest BCUT2D eigenvalue weighted by Crippen LogP contribution is -2.52. The Balaban J connectivity index is 3.08. The third-order valence-electron chi connectivity index (χ3n) is 2.40. The summed E-state index contributed by atoms with van der Waals surface area (Å²) in [6.45, 7) is 0.258. The standard InChI is InChI=1S/C10H8ClF3N2O4/c1-9(18,10(12,13)14)8(17)15-7-4-5(16(19)20)2-3-6(7)11/h2-4,18H,1H3,(H,15,17)/t9-/m1/s1. The summed E-state index contributed by atoms with van der Waals surface area (Å²) in [6.07, 6.45) is -5.20. The first-order valence-corrected chi connectivity index (χ1v) is 5.39. The molecule has 20 heavy (non-hydrogen) atoms. The molecule has 1 amide bonds. The van der Waals surface area contributed by atoms with Crippen LogP contribution in [0.1, 0.15) is 6.92 Å². The first kappa shape index (κ1) is 16.2. The zero-order valence-electron chi connectivity index (χ0n) is 9.86. The van der Waals surface area contributed by atoms with Gasteiger partial charge in [-0.05, 0) is 13.0 Å². The summed E-state index contributed by atoms with van der Waals surface area (Å²) in [5.74, 6) is -1.80. The van der Waals surface area contributed by atoms with Crippen molar-refractivity contribution in [3.05, 3.63) is 33.3 Å². The number of carbonyl (C=O) groups excluding carboxylic acids is 1. The molecule has 1 aromatic rings. The molecule has 0 saturated heterocycles. The first-order valence-electron chi connectivity index (χ1n) is 5.01. The molecule has 1 rings (SSSR count). The fourth-order valence-electron chi connectivity index (χ4n) is 1.10. The summed E-state index contributed by atoms with van der Waals surface area (Å²) in [4.78, 5) is 21.1. The quantitative estimate of drug-likeness (QED) is 0.662. The molecule has 0 fully saturated rings. The van der Waals surface area contributed by atoms with Crippen LogP contribution in [0.15, 0.2) is 18.2 Å². The van der Waals surface area contributed by atoms with Gasteiger partial charge in [-0.2, -0.15) is 13.2 Å². The number of hydrogen-bond acceptors (Lipinski definition) is 4. The Hall–Kier alpha value is -1.87. The van der Waals surface area contributed by atoms with E-state index in [1.54, 1.807) is 5.32 Å². The van der Waals surface area contributed by atoms with E-state index in [1.165, 1.54) is 0 Å². The lowest BCUT2D eigenvalue weighted by atomic mass is 10.1. The average Bonchev–Trinajstić information content (AvgIpc) is 2.29. The van der Waals surface area contributed by atoms with Gasteiger partial charge in [-0.15, -0.1) is 0 Å². The second-order valence-electron chi connectivity index (χ2n) is 3.95. The van der Waals surface area contributed by atoms with Crippen LogP contribution < -0.4 is 5.32 Å². The van der Waals surface area contributed by atoms with Crippen LogP contribution in [0.3, 0.4) is 0 Å². The average molecular weight is 313 g/mol. The smallest absolute Gasteiger partial charge is 0.373 e. The molecule has 6 nitrogen and oxygen atoms in total. The van der Waals surface area contributed by atoms with E-state index in [9.17, 15) is 28.1 Å². The number of amides is 1. The molecule has 1 aromatic carbocycles. The van der Waals surface area contributed by atoms with Crippen LogP contribution in [0, 0.1) is 10.1 Å². The number of carbonyl (C=O) groups is 1. The first-order chi connectivity index (χ1) is 8.96. The molecule has 0 aliphatic rings. The molecule has 2 N–H and O–H groups in total. The number of anilines is 1. The molecule has 1 atom stereocenters. The SMILES string of the molecule is C[C@@](O)(C(=O)Nc1cc([N+](=O)[O-])ccc1Cl)C(F)(F)F. The highest BCUT2D eigenvalue weighted by atomic mass is 35.5. The molecule has 0 heterocycles. The summed E-state index contributed by atoms with van der Waals surface area (Å²) >= 11 is 5.61. The molecule has 0 radical (unpaired) electrons. The molecule has 0 saturated carbocycles. The highest BCUT2D eigenvalue weighted by Crippen LogP contribution is 2.33. The van der Waals surface area contributed by atoms with E-state index < -0.39 is 34.0 Å². The third-order valence-corrected chi connectivity index (χ3v) is 2.73. The Bertz CT molecular complexity index is 560. The largest absolute Gasteiger partial charge is 0.426 e. The van der Waals surface area contributed by atoms with E-state index in [0.717, 1.165) is 18.2 Å². The Labute approximate surface area is 115 Å². The van der Waals surface area contributed by atoms with Gasteiger partial charge in [-0.1, -0.05) is 11.6 Å². The van der Waals surface area contributed by atoms with Gasteiger partial charge in [0.25, 0.3) is 11.6 Å².